The molecule has 0 radical (unpaired) electrons. The number of nitrogens with one attached hydrogen (secondary N) is 4. The summed E-state index contributed by atoms with van der Waals surface area (Å²) in [6, 6.07) is 23.4. The van der Waals surface area contributed by atoms with Gasteiger partial charge in [-0.3, -0.25) is 60.0 Å². The summed E-state index contributed by atoms with van der Waals surface area (Å²) in [5.74, 6) is -9.96. The quantitative estimate of drug-likeness (QED) is 0.0206. The number of amides is 8. The number of hydrogen-bond acceptors (Lipinski definition) is 27. The minimum atomic E-state index is -4.50. The lowest BCUT2D eigenvalue weighted by Crippen LogP contribution is -2.48. The molecule has 8 aliphatic heterocycles. The van der Waals surface area contributed by atoms with Gasteiger partial charge in [0.2, 0.25) is 17.8 Å². The van der Waals surface area contributed by atoms with E-state index in [1.54, 1.807) is 78.0 Å². The maximum Gasteiger partial charge on any atom is 0.391 e. The van der Waals surface area contributed by atoms with Gasteiger partial charge in [0.25, 0.3) is 5.92 Å². The van der Waals surface area contributed by atoms with Crippen molar-refractivity contribution in [1.82, 2.24) is 44.9 Å². The van der Waals surface area contributed by atoms with Gasteiger partial charge in [-0.15, -0.1) is 0 Å². The summed E-state index contributed by atoms with van der Waals surface area (Å²) < 4.78 is 141. The van der Waals surface area contributed by atoms with Crippen molar-refractivity contribution in [1.29, 1.82) is 0 Å². The molecule has 18 rings (SSSR count). The van der Waals surface area contributed by atoms with Crippen molar-refractivity contribution in [2.24, 2.45) is 23.7 Å². The van der Waals surface area contributed by atoms with E-state index in [4.69, 9.17) is 19.7 Å². The van der Waals surface area contributed by atoms with Crippen molar-refractivity contribution in [3.05, 3.63) is 150 Å². The van der Waals surface area contributed by atoms with Crippen LogP contribution in [0.5, 0.6) is 11.6 Å². The number of ether oxygens (including phenoxy) is 2. The fraction of sp³-hybridized carbons (Fsp3) is 0.460. The molecule has 35 nitrogen and oxygen atoms in total. The van der Waals surface area contributed by atoms with Gasteiger partial charge in [0.15, 0.2) is 46.4 Å². The van der Waals surface area contributed by atoms with E-state index in [-0.39, 0.29) is 139 Å². The van der Waals surface area contributed by atoms with Crippen LogP contribution in [0.1, 0.15) is 132 Å². The smallest absolute Gasteiger partial charge is 0.391 e. The number of alkyl halides is 10. The number of aryl methyl sites for hydroxylation is 1. The molecule has 132 heavy (non-hydrogen) atoms. The number of nitrogens with zero attached hydrogens (tertiary/aromatic N) is 17. The molecule has 8 aromatic heterocycles. The average molecular weight is 1850 g/mol. The third-order valence-electron chi connectivity index (χ3n) is 24.2. The molecule has 9 atom stereocenters. The molecule has 8 aromatic rings. The molecule has 6 fully saturated rings. The lowest BCUT2D eigenvalue weighted by molar-refractivity contribution is -0.169. The minimum Gasteiger partial charge on any atom is -0.491 e. The second kappa shape index (κ2) is 38.7. The van der Waals surface area contributed by atoms with E-state index in [9.17, 15) is 92.5 Å². The van der Waals surface area contributed by atoms with Crippen LogP contribution in [0.15, 0.2) is 122 Å². The van der Waals surface area contributed by atoms with Crippen LogP contribution in [-0.2, 0) is 0 Å². The van der Waals surface area contributed by atoms with Crippen LogP contribution in [0.25, 0.3) is 0 Å². The van der Waals surface area contributed by atoms with Gasteiger partial charge < -0.3 is 49.5 Å². The third-order valence-corrected chi connectivity index (χ3v) is 24.2. The SMILES string of the molecule is C[C@@H](CC(=O)c1ccc2c(n1)N(C(=O)Nc1nccc(OC[C@H](O)CO)n1)[C@H]1CCN2C1)C(F)(F)F.Cc1cccnc1NC(=O)N1c2nc(C(=O)C[C@H](C)C(F)(F)F)ccc2N2CC[C@H]1C2.O=C(CC1CC(F)(F)C1)c1ccc2c(n1)N(C(=O)Nc1ccccn1)[C@H]1CCN2C1.O=C(C[C@@H]1CC1(F)F)c1ccc2c(n1)N(C(=O)Nc1cc(OC[C@H](O)CO)ccn1)[C@H]1CCN2C1. The third kappa shape index (κ3) is 21.4. The number of hydrogen-bond donors (Lipinski definition) is 8. The number of carbonyl (C=O) groups excluding carboxylic acids is 8. The van der Waals surface area contributed by atoms with Crippen LogP contribution in [0.2, 0.25) is 0 Å². The van der Waals surface area contributed by atoms with Crippen molar-refractivity contribution in [3.8, 4) is 11.6 Å². The molecule has 16 heterocycles. The fourth-order valence-corrected chi connectivity index (χ4v) is 16.9. The maximum atomic E-state index is 13.3. The summed E-state index contributed by atoms with van der Waals surface area (Å²) in [6.45, 7) is 7.82. The van der Waals surface area contributed by atoms with Gasteiger partial charge in [-0.1, -0.05) is 26.0 Å². The van der Waals surface area contributed by atoms with Gasteiger partial charge in [0.05, 0.1) is 72.0 Å². The zero-order valence-corrected chi connectivity index (χ0v) is 71.3. The number of aliphatic hydroxyl groups excluding tert-OH is 4. The molecule has 8 amide bonds. The molecular formula is C87H93F10N21O14. The first-order valence-electron chi connectivity index (χ1n) is 42.8. The molecule has 4 saturated heterocycles. The lowest BCUT2D eigenvalue weighted by Gasteiger charge is -2.36. The highest BCUT2D eigenvalue weighted by molar-refractivity contribution is 6.09. The van der Waals surface area contributed by atoms with Crippen molar-refractivity contribution in [3.63, 3.8) is 0 Å². The van der Waals surface area contributed by atoms with Crippen LogP contribution < -0.4 is 69.9 Å². The number of ketones is 4. The van der Waals surface area contributed by atoms with Gasteiger partial charge in [0, 0.05) is 140 Å². The molecule has 2 saturated carbocycles. The lowest BCUT2D eigenvalue weighted by atomic mass is 9.78. The molecular weight excluding hydrogens is 1750 g/mol. The Labute approximate surface area is 747 Å². The Morgan fingerprint density at radius 1 is 0.462 bits per heavy atom. The van der Waals surface area contributed by atoms with E-state index in [1.807, 2.05) is 17.9 Å². The Balaban J connectivity index is 0.000000135. The molecule has 45 heteroatoms. The van der Waals surface area contributed by atoms with E-state index in [0.29, 0.717) is 91.6 Å². The Morgan fingerprint density at radius 3 is 1.30 bits per heavy atom. The van der Waals surface area contributed by atoms with E-state index in [1.165, 1.54) is 57.4 Å². The van der Waals surface area contributed by atoms with Crippen LogP contribution in [0.4, 0.5) is 133 Å². The molecule has 0 spiro atoms. The molecule has 8 N–H and O–H groups in total. The van der Waals surface area contributed by atoms with Crippen molar-refractivity contribution in [2.45, 2.75) is 152 Å². The average Bonchev–Trinajstić information content (AvgIpc) is 1.58. The highest BCUT2D eigenvalue weighted by atomic mass is 19.4. The Bertz CT molecular complexity index is 5650. The Morgan fingerprint density at radius 2 is 0.871 bits per heavy atom. The normalized spacial score (nSPS) is 20.3. The number of urea groups is 4. The van der Waals surface area contributed by atoms with Crippen LogP contribution in [-0.4, -0.2) is 252 Å². The van der Waals surface area contributed by atoms with Crippen LogP contribution in [0.3, 0.4) is 0 Å². The van der Waals surface area contributed by atoms with Gasteiger partial charge in [0.1, 0.15) is 71.4 Å². The number of rotatable bonds is 24. The first kappa shape index (κ1) is 93.5. The first-order valence-corrected chi connectivity index (χ1v) is 42.8. The number of pyridine rings is 7. The number of aromatic nitrogens is 9. The highest BCUT2D eigenvalue weighted by Crippen LogP contribution is 2.52. The minimum absolute atomic E-state index is 0.0502. The predicted molar refractivity (Wildman–Crippen MR) is 459 cm³/mol. The number of aliphatic hydroxyl groups is 4. The fourth-order valence-electron chi connectivity index (χ4n) is 16.9. The second-order valence-corrected chi connectivity index (χ2v) is 33.9. The largest absolute Gasteiger partial charge is 0.491 e. The van der Waals surface area contributed by atoms with Crippen molar-refractivity contribution in [2.75, 3.05) is 139 Å². The summed E-state index contributed by atoms with van der Waals surface area (Å²) in [6.07, 6.45) is -4.78. The van der Waals surface area contributed by atoms with E-state index in [2.05, 4.69) is 80.8 Å². The Hall–Kier alpha value is -13.2. The summed E-state index contributed by atoms with van der Waals surface area (Å²) >= 11 is 0. The van der Waals surface area contributed by atoms with E-state index >= 15 is 0 Å². The zero-order valence-electron chi connectivity index (χ0n) is 71.3. The number of fused-ring (bicyclic) bond motifs is 16. The summed E-state index contributed by atoms with van der Waals surface area (Å²) in [5, 5.41) is 47.5. The zero-order chi connectivity index (χ0) is 94.0. The monoisotopic (exact) mass is 1850 g/mol. The Kier molecular flexibility index (Phi) is 27.4. The first-order chi connectivity index (χ1) is 62.8. The topological polar surface area (TPSA) is 426 Å². The maximum absolute atomic E-state index is 13.3. The van der Waals surface area contributed by atoms with Gasteiger partial charge in [-0.25, -0.2) is 76.6 Å². The van der Waals surface area contributed by atoms with E-state index < -0.39 is 116 Å². The number of carbonyl (C=O) groups is 8. The molecule has 8 bridgehead atoms. The number of Topliss-reactive ketones (excluding diaryl/α,β-unsaturated/α-hetero) is 4. The second-order valence-electron chi connectivity index (χ2n) is 33.9. The van der Waals surface area contributed by atoms with Crippen molar-refractivity contribution < 1.29 is 112 Å². The molecule has 700 valence electrons. The molecule has 0 aromatic carbocycles. The highest BCUT2D eigenvalue weighted by Gasteiger charge is 2.58. The van der Waals surface area contributed by atoms with Crippen LogP contribution in [0, 0.1) is 30.6 Å². The standard InChI is InChI=1S/C23H25F2N5O5.C22H25F3N6O5.C21H22F3N5O2.C21H21F2N5O2/c24-23(25)9-13(23)7-19(33)17-1-2-18-21(27-17)30(14-4-6-29(18)10-14)22(34)28-20-8-16(3-5-26-20)35-12-15(32)11-31;1-12(22(23,24)25)8-17(34)15-2-3-16-19(27-15)31(13-5-7-30(16)9-13)21(35)29-20-26-6-4-18(28-20)36-11-14(33)10-32;1-12-4-3-8-25-18(12)27-20(31)29-14-7-9-28(11-14)16-6-5-15(26-19(16)29)17(30)10-13(2)21(22,23)24;22-21(23)10-13(11-21)9-17(29)15-4-5-16-19(25-15)28(14-6-8-27(16)12-14)20(30)26-18-3-1-2-7-24-18/h1-3,5,8,13-15,31-32H,4,6-7,9-12H2,(H,26,28,34);2-4,6,12-14,32-33H,5,7-11H2,1H3,(H,26,28,29,35);3-6,8,13-14H,7,9-11H2,1-2H3,(H,25,27,31);1-5,7,13-14H,6,8-12H2,(H,24,26,30)/t13-,14+,15-;12-,13-,14+;13-,14-;14-/m1000/s1. The molecule has 0 unspecified atom stereocenters. The van der Waals surface area contributed by atoms with Crippen LogP contribution >= 0.6 is 0 Å². The summed E-state index contributed by atoms with van der Waals surface area (Å²) in [4.78, 5) is 155. The van der Waals surface area contributed by atoms with Gasteiger partial charge in [-0.2, -0.15) is 31.3 Å². The number of anilines is 12. The predicted octanol–water partition coefficient (Wildman–Crippen LogP) is 12.0. The van der Waals surface area contributed by atoms with Crippen molar-refractivity contribution >= 4 is 117 Å². The molecule has 2 aliphatic carbocycles. The molecule has 10 aliphatic rings. The number of halogens is 10. The summed E-state index contributed by atoms with van der Waals surface area (Å²) in [5.41, 5.74) is 3.60. The van der Waals surface area contributed by atoms with Gasteiger partial charge in [-0.05, 0) is 117 Å². The summed E-state index contributed by atoms with van der Waals surface area (Å²) in [7, 11) is 0. The van der Waals surface area contributed by atoms with Gasteiger partial charge >= 0.3 is 36.5 Å². The van der Waals surface area contributed by atoms with E-state index in [0.717, 1.165) is 57.6 Å².